The van der Waals surface area contributed by atoms with Gasteiger partial charge in [0.1, 0.15) is 13.2 Å². The van der Waals surface area contributed by atoms with Crippen molar-refractivity contribution < 1.29 is 28.6 Å². The van der Waals surface area contributed by atoms with Gasteiger partial charge in [0.25, 0.3) is 0 Å². The van der Waals surface area contributed by atoms with Gasteiger partial charge in [0, 0.05) is 19.3 Å². The molecule has 0 heterocycles. The van der Waals surface area contributed by atoms with Crippen LogP contribution in [0, 0.1) is 0 Å². The quantitative estimate of drug-likeness (QED) is 0.0262. The molecule has 0 aliphatic carbocycles. The smallest absolute Gasteiger partial charge is 0.306 e. The van der Waals surface area contributed by atoms with E-state index in [0.717, 1.165) is 141 Å². The van der Waals surface area contributed by atoms with Crippen LogP contribution in [0.2, 0.25) is 0 Å². The molecule has 0 rings (SSSR count). The van der Waals surface area contributed by atoms with Crippen LogP contribution in [0.15, 0.2) is 146 Å². The molecule has 0 spiro atoms. The molecule has 0 saturated heterocycles. The van der Waals surface area contributed by atoms with Crippen LogP contribution in [0.5, 0.6) is 0 Å². The van der Waals surface area contributed by atoms with Crippen LogP contribution in [-0.2, 0) is 28.6 Å². The lowest BCUT2D eigenvalue weighted by Crippen LogP contribution is -2.30. The summed E-state index contributed by atoms with van der Waals surface area (Å²) in [4.78, 5) is 38.0. The summed E-state index contributed by atoms with van der Waals surface area (Å²) < 4.78 is 16.7. The third-order valence-electron chi connectivity index (χ3n) is 10.8. The van der Waals surface area contributed by atoms with Crippen LogP contribution >= 0.6 is 0 Å². The number of ether oxygens (including phenoxy) is 3. The monoisotopic (exact) mass is 951 g/mol. The Labute approximate surface area is 423 Å². The third kappa shape index (κ3) is 54.1. The van der Waals surface area contributed by atoms with E-state index in [1.54, 1.807) is 0 Å². The lowest BCUT2D eigenvalue weighted by molar-refractivity contribution is -0.167. The summed E-state index contributed by atoms with van der Waals surface area (Å²) in [6.07, 6.45) is 79.8. The van der Waals surface area contributed by atoms with Crippen molar-refractivity contribution in [3.05, 3.63) is 146 Å². The molecule has 1 unspecified atom stereocenters. The number of carbonyl (C=O) groups is 3. The van der Waals surface area contributed by atoms with E-state index in [1.807, 2.05) is 0 Å². The van der Waals surface area contributed by atoms with E-state index < -0.39 is 6.10 Å². The molecule has 0 amide bonds. The van der Waals surface area contributed by atoms with E-state index >= 15 is 0 Å². The van der Waals surface area contributed by atoms with Crippen LogP contribution in [-0.4, -0.2) is 37.2 Å². The lowest BCUT2D eigenvalue weighted by atomic mass is 10.1. The summed E-state index contributed by atoms with van der Waals surface area (Å²) in [5.41, 5.74) is 0. The topological polar surface area (TPSA) is 78.9 Å². The summed E-state index contributed by atoms with van der Waals surface area (Å²) in [5, 5.41) is 0. The number of unbranched alkanes of at least 4 members (excludes halogenated alkanes) is 12. The maximum Gasteiger partial charge on any atom is 0.306 e. The first-order valence-electron chi connectivity index (χ1n) is 27.3. The molecule has 0 aromatic rings. The van der Waals surface area contributed by atoms with E-state index in [4.69, 9.17) is 14.2 Å². The van der Waals surface area contributed by atoms with Gasteiger partial charge in [-0.2, -0.15) is 0 Å². The van der Waals surface area contributed by atoms with Gasteiger partial charge in [0.2, 0.25) is 0 Å². The van der Waals surface area contributed by atoms with Crippen molar-refractivity contribution in [3.63, 3.8) is 0 Å². The molecule has 0 aliphatic heterocycles. The van der Waals surface area contributed by atoms with Gasteiger partial charge in [-0.3, -0.25) is 14.4 Å². The largest absolute Gasteiger partial charge is 0.462 e. The first-order valence-corrected chi connectivity index (χ1v) is 27.3. The van der Waals surface area contributed by atoms with Gasteiger partial charge < -0.3 is 14.2 Å². The average Bonchev–Trinajstić information content (AvgIpc) is 3.35. The summed E-state index contributed by atoms with van der Waals surface area (Å²) in [6, 6.07) is 0. The minimum atomic E-state index is -0.828. The zero-order valence-electron chi connectivity index (χ0n) is 44.0. The van der Waals surface area contributed by atoms with Crippen LogP contribution in [0.4, 0.5) is 0 Å². The second-order valence-electron chi connectivity index (χ2n) is 17.4. The van der Waals surface area contributed by atoms with E-state index in [2.05, 4.69) is 167 Å². The minimum absolute atomic E-state index is 0.119. The second kappa shape index (κ2) is 55.9. The van der Waals surface area contributed by atoms with Gasteiger partial charge in [-0.1, -0.05) is 212 Å². The van der Waals surface area contributed by atoms with Crippen LogP contribution in [0.3, 0.4) is 0 Å². The number of allylic oxidation sites excluding steroid dienone is 24. The molecule has 0 fully saturated rings. The summed E-state index contributed by atoms with van der Waals surface area (Å²) in [6.45, 7) is 6.27. The summed E-state index contributed by atoms with van der Waals surface area (Å²) in [7, 11) is 0. The predicted molar refractivity (Wildman–Crippen MR) is 297 cm³/mol. The highest BCUT2D eigenvalue weighted by atomic mass is 16.6. The van der Waals surface area contributed by atoms with Crippen molar-refractivity contribution in [1.29, 1.82) is 0 Å². The Morgan fingerprint density at radius 3 is 0.942 bits per heavy atom. The number of rotatable bonds is 47. The van der Waals surface area contributed by atoms with Crippen molar-refractivity contribution in [3.8, 4) is 0 Å². The molecule has 0 aromatic carbocycles. The standard InChI is InChI=1S/C63H98O6/c1-4-7-10-13-16-19-22-24-26-28-29-30-31-32-33-35-36-38-41-44-47-50-53-56-62(65)68-59-60(58-67-61(64)55-52-49-46-43-40-21-18-15-12-9-6-3)69-63(66)57-54-51-48-45-42-39-37-34-27-25-23-20-17-14-11-8-5-2/h7-8,10-11,15-20,24-27,29-30,32-33,36-39,45,48,60H,4-6,9,12-14,21-23,28,31,34-35,40-44,46-47,49-59H2,1-3H3/b10-7-,11-8-,18-15-,19-16-,20-17-,26-24-,27-25-,30-29-,33-32-,38-36-,39-37-,48-45-. The van der Waals surface area contributed by atoms with E-state index in [-0.39, 0.29) is 37.5 Å². The Balaban J connectivity index is 4.51. The van der Waals surface area contributed by atoms with E-state index in [1.165, 1.54) is 25.7 Å². The molecule has 0 radical (unpaired) electrons. The number of hydrogen-bond donors (Lipinski definition) is 0. The fourth-order valence-electron chi connectivity index (χ4n) is 6.75. The number of esters is 3. The molecule has 69 heavy (non-hydrogen) atoms. The molecule has 1 atom stereocenters. The maximum absolute atomic E-state index is 12.8. The molecule has 0 N–H and O–H groups in total. The lowest BCUT2D eigenvalue weighted by Gasteiger charge is -2.18. The second-order valence-corrected chi connectivity index (χ2v) is 17.4. The third-order valence-corrected chi connectivity index (χ3v) is 10.8. The maximum atomic E-state index is 12.8. The summed E-state index contributed by atoms with van der Waals surface area (Å²) >= 11 is 0. The molecule has 6 heteroatoms. The Bertz CT molecular complexity index is 1560. The Morgan fingerprint density at radius 1 is 0.304 bits per heavy atom. The number of hydrogen-bond acceptors (Lipinski definition) is 6. The highest BCUT2D eigenvalue weighted by Crippen LogP contribution is 2.12. The first kappa shape index (κ1) is 64.3. The molecule has 0 aromatic heterocycles. The molecular formula is C63H98O6. The Morgan fingerprint density at radius 2 is 0.580 bits per heavy atom. The molecular weight excluding hydrogens is 853 g/mol. The number of carbonyl (C=O) groups excluding carboxylic acids is 3. The van der Waals surface area contributed by atoms with Crippen molar-refractivity contribution >= 4 is 17.9 Å². The van der Waals surface area contributed by atoms with Gasteiger partial charge >= 0.3 is 17.9 Å². The van der Waals surface area contributed by atoms with E-state index in [0.29, 0.717) is 19.3 Å². The minimum Gasteiger partial charge on any atom is -0.462 e. The first-order chi connectivity index (χ1) is 34.0. The highest BCUT2D eigenvalue weighted by molar-refractivity contribution is 5.71. The van der Waals surface area contributed by atoms with Gasteiger partial charge in [-0.15, -0.1) is 0 Å². The van der Waals surface area contributed by atoms with Crippen molar-refractivity contribution in [1.82, 2.24) is 0 Å². The Hall–Kier alpha value is -4.71. The fraction of sp³-hybridized carbons (Fsp3) is 0.571. The van der Waals surface area contributed by atoms with Crippen LogP contribution in [0.1, 0.15) is 213 Å². The normalized spacial score (nSPS) is 13.3. The van der Waals surface area contributed by atoms with Gasteiger partial charge in [0.05, 0.1) is 0 Å². The summed E-state index contributed by atoms with van der Waals surface area (Å²) in [5.74, 6) is -1.02. The van der Waals surface area contributed by atoms with E-state index in [9.17, 15) is 14.4 Å². The van der Waals surface area contributed by atoms with Crippen LogP contribution in [0.25, 0.3) is 0 Å². The molecule has 0 bridgehead atoms. The molecule has 0 saturated carbocycles. The van der Waals surface area contributed by atoms with Crippen molar-refractivity contribution in [2.24, 2.45) is 0 Å². The zero-order valence-corrected chi connectivity index (χ0v) is 44.0. The Kier molecular flexibility index (Phi) is 52.1. The van der Waals surface area contributed by atoms with Gasteiger partial charge in [0.15, 0.2) is 6.10 Å². The average molecular weight is 951 g/mol. The highest BCUT2D eigenvalue weighted by Gasteiger charge is 2.19. The SMILES string of the molecule is CC/C=C\C/C=C\C/C=C\C/C=C\C/C=C\C/C=C\CCCCCCC(=O)OCC(COC(=O)CCCCCCC/C=C\CCCC)OC(=O)CCC/C=C\C/C=C\C/C=C\C/C=C\C/C=C\CC. The van der Waals surface area contributed by atoms with Crippen molar-refractivity contribution in [2.75, 3.05) is 13.2 Å². The molecule has 0 aliphatic rings. The van der Waals surface area contributed by atoms with Crippen molar-refractivity contribution in [2.45, 2.75) is 219 Å². The fourth-order valence-corrected chi connectivity index (χ4v) is 6.75. The zero-order chi connectivity index (χ0) is 50.0. The molecule has 6 nitrogen and oxygen atoms in total. The van der Waals surface area contributed by atoms with Gasteiger partial charge in [-0.05, 0) is 128 Å². The molecule has 386 valence electrons. The van der Waals surface area contributed by atoms with Gasteiger partial charge in [-0.25, -0.2) is 0 Å². The predicted octanol–water partition coefficient (Wildman–Crippen LogP) is 18.4. The van der Waals surface area contributed by atoms with Crippen LogP contribution < -0.4 is 0 Å².